The lowest BCUT2D eigenvalue weighted by Crippen LogP contribution is -2.07. The second kappa shape index (κ2) is 3.62. The molecule has 0 unspecified atom stereocenters. The van der Waals surface area contributed by atoms with Crippen molar-refractivity contribution >= 4 is 23.4 Å². The van der Waals surface area contributed by atoms with Gasteiger partial charge >= 0.3 is 0 Å². The first kappa shape index (κ1) is 9.81. The van der Waals surface area contributed by atoms with Crippen LogP contribution in [0, 0.1) is 0 Å². The molecule has 0 aliphatic heterocycles. The van der Waals surface area contributed by atoms with Gasteiger partial charge < -0.3 is 0 Å². The van der Waals surface area contributed by atoms with E-state index in [0.29, 0.717) is 5.02 Å². The minimum atomic E-state index is 0.137. The molecule has 1 heterocycles. The molecule has 12 heavy (non-hydrogen) atoms. The zero-order chi connectivity index (χ0) is 9.19. The molecule has 0 bridgehead atoms. The summed E-state index contributed by atoms with van der Waals surface area (Å²) in [5, 5.41) is 1.47. The Morgan fingerprint density at radius 3 is 2.58 bits per heavy atom. The zero-order valence-corrected chi connectivity index (χ0v) is 8.91. The zero-order valence-electron chi connectivity index (χ0n) is 7.34. The predicted octanol–water partition coefficient (Wildman–Crippen LogP) is 3.02. The molecule has 0 spiro atoms. The highest BCUT2D eigenvalue weighted by molar-refractivity contribution is 8.00. The van der Waals surface area contributed by atoms with Gasteiger partial charge in [0.2, 0.25) is 0 Å². The first-order valence-corrected chi connectivity index (χ1v) is 4.83. The topological polar surface area (TPSA) is 25.8 Å². The minimum absolute atomic E-state index is 0.137. The van der Waals surface area contributed by atoms with Crippen LogP contribution < -0.4 is 0 Å². The van der Waals surface area contributed by atoms with Crippen LogP contribution in [0.25, 0.3) is 0 Å². The Bertz CT molecular complexity index is 270. The summed E-state index contributed by atoms with van der Waals surface area (Å²) in [5.41, 5.74) is 0. The maximum Gasteiger partial charge on any atom is 0.119 e. The SMILES string of the molecule is CC(C)(C)Sc1ncncc1Cl. The largest absolute Gasteiger partial charge is 0.243 e. The predicted molar refractivity (Wildman–Crippen MR) is 52.7 cm³/mol. The first-order chi connectivity index (χ1) is 5.49. The van der Waals surface area contributed by atoms with Crippen molar-refractivity contribution in [2.24, 2.45) is 0 Å². The summed E-state index contributed by atoms with van der Waals surface area (Å²) < 4.78 is 0.137. The van der Waals surface area contributed by atoms with Crippen LogP contribution in [0.4, 0.5) is 0 Å². The molecule has 0 N–H and O–H groups in total. The number of rotatable bonds is 1. The van der Waals surface area contributed by atoms with Crippen molar-refractivity contribution in [3.05, 3.63) is 17.5 Å². The van der Waals surface area contributed by atoms with E-state index in [-0.39, 0.29) is 4.75 Å². The van der Waals surface area contributed by atoms with E-state index in [2.05, 4.69) is 30.7 Å². The molecule has 1 rings (SSSR count). The number of aromatic nitrogens is 2. The Morgan fingerprint density at radius 2 is 2.08 bits per heavy atom. The lowest BCUT2D eigenvalue weighted by molar-refractivity contribution is 0.798. The Hall–Kier alpha value is -0.280. The summed E-state index contributed by atoms with van der Waals surface area (Å²) in [6, 6.07) is 0. The summed E-state index contributed by atoms with van der Waals surface area (Å²) in [4.78, 5) is 7.90. The van der Waals surface area contributed by atoms with Crippen molar-refractivity contribution in [3.63, 3.8) is 0 Å². The van der Waals surface area contributed by atoms with Crippen LogP contribution in [0.5, 0.6) is 0 Å². The van der Waals surface area contributed by atoms with E-state index in [1.54, 1.807) is 18.0 Å². The fourth-order valence-corrected chi connectivity index (χ4v) is 1.72. The smallest absolute Gasteiger partial charge is 0.119 e. The molecule has 4 heteroatoms. The molecule has 0 amide bonds. The second-order valence-corrected chi connectivity index (χ2v) is 5.61. The van der Waals surface area contributed by atoms with Gasteiger partial charge in [0.1, 0.15) is 11.4 Å². The number of hydrogen-bond donors (Lipinski definition) is 0. The highest BCUT2D eigenvalue weighted by Gasteiger charge is 2.14. The highest BCUT2D eigenvalue weighted by Crippen LogP contribution is 2.33. The van der Waals surface area contributed by atoms with Crippen LogP contribution in [0.1, 0.15) is 20.8 Å². The summed E-state index contributed by atoms with van der Waals surface area (Å²) in [6.07, 6.45) is 3.13. The third-order valence-corrected chi connectivity index (χ3v) is 2.56. The van der Waals surface area contributed by atoms with Crippen molar-refractivity contribution in [1.29, 1.82) is 0 Å². The van der Waals surface area contributed by atoms with E-state index in [4.69, 9.17) is 11.6 Å². The van der Waals surface area contributed by atoms with Gasteiger partial charge in [0.05, 0.1) is 11.2 Å². The van der Waals surface area contributed by atoms with Gasteiger partial charge in [0.25, 0.3) is 0 Å². The second-order valence-electron chi connectivity index (χ2n) is 3.39. The molecule has 0 fully saturated rings. The van der Waals surface area contributed by atoms with Gasteiger partial charge in [0, 0.05) is 4.75 Å². The van der Waals surface area contributed by atoms with Crippen molar-refractivity contribution in [3.8, 4) is 0 Å². The van der Waals surface area contributed by atoms with Crippen LogP contribution in [0.15, 0.2) is 17.6 Å². The Kier molecular flexibility index (Phi) is 2.96. The molecule has 0 saturated heterocycles. The van der Waals surface area contributed by atoms with E-state index in [1.807, 2.05) is 0 Å². The van der Waals surface area contributed by atoms with E-state index in [1.165, 1.54) is 6.33 Å². The Balaban J connectivity index is 2.83. The number of nitrogens with zero attached hydrogens (tertiary/aromatic N) is 2. The van der Waals surface area contributed by atoms with Crippen LogP contribution >= 0.6 is 23.4 Å². The Morgan fingerprint density at radius 1 is 1.42 bits per heavy atom. The molecule has 2 nitrogen and oxygen atoms in total. The van der Waals surface area contributed by atoms with E-state index >= 15 is 0 Å². The number of hydrogen-bond acceptors (Lipinski definition) is 3. The molecular formula is C8H11ClN2S. The fourth-order valence-electron chi connectivity index (χ4n) is 0.667. The summed E-state index contributed by atoms with van der Waals surface area (Å²) >= 11 is 7.53. The fraction of sp³-hybridized carbons (Fsp3) is 0.500. The molecular weight excluding hydrogens is 192 g/mol. The molecule has 0 aliphatic carbocycles. The first-order valence-electron chi connectivity index (χ1n) is 3.63. The van der Waals surface area contributed by atoms with Crippen molar-refractivity contribution < 1.29 is 0 Å². The third-order valence-electron chi connectivity index (χ3n) is 1.04. The maximum absolute atomic E-state index is 5.88. The van der Waals surface area contributed by atoms with E-state index in [9.17, 15) is 0 Å². The number of halogens is 1. The molecule has 0 aromatic carbocycles. The van der Waals surface area contributed by atoms with Crippen molar-refractivity contribution in [2.45, 2.75) is 30.5 Å². The summed E-state index contributed by atoms with van der Waals surface area (Å²) in [6.45, 7) is 6.36. The lowest BCUT2D eigenvalue weighted by Gasteiger charge is -2.16. The maximum atomic E-state index is 5.88. The monoisotopic (exact) mass is 202 g/mol. The van der Waals surface area contributed by atoms with Gasteiger partial charge in [0.15, 0.2) is 0 Å². The van der Waals surface area contributed by atoms with Gasteiger partial charge in [-0.2, -0.15) is 0 Å². The van der Waals surface area contributed by atoms with Gasteiger partial charge in [-0.1, -0.05) is 44.1 Å². The average Bonchev–Trinajstić information content (AvgIpc) is 1.91. The van der Waals surface area contributed by atoms with E-state index in [0.717, 1.165) is 5.03 Å². The van der Waals surface area contributed by atoms with E-state index < -0.39 is 0 Å². The molecule has 0 atom stereocenters. The molecule has 0 radical (unpaired) electrons. The average molecular weight is 203 g/mol. The standard InChI is InChI=1S/C8H11ClN2S/c1-8(2,3)12-7-6(9)4-10-5-11-7/h4-5H,1-3H3. The normalized spacial score (nSPS) is 11.7. The number of thioether (sulfide) groups is 1. The quantitative estimate of drug-likeness (QED) is 0.517. The van der Waals surface area contributed by atoms with Gasteiger partial charge in [-0.3, -0.25) is 0 Å². The highest BCUT2D eigenvalue weighted by atomic mass is 35.5. The van der Waals surface area contributed by atoms with Crippen molar-refractivity contribution in [2.75, 3.05) is 0 Å². The summed E-state index contributed by atoms with van der Waals surface area (Å²) in [5.74, 6) is 0. The van der Waals surface area contributed by atoms with Gasteiger partial charge in [-0.25, -0.2) is 9.97 Å². The lowest BCUT2D eigenvalue weighted by atomic mass is 10.3. The molecule has 1 aromatic heterocycles. The van der Waals surface area contributed by atoms with Crippen LogP contribution in [0.3, 0.4) is 0 Å². The van der Waals surface area contributed by atoms with Crippen LogP contribution in [-0.2, 0) is 0 Å². The third kappa shape index (κ3) is 2.99. The molecule has 0 aliphatic rings. The Labute approximate surface area is 81.8 Å². The molecule has 0 saturated carbocycles. The van der Waals surface area contributed by atoms with Gasteiger partial charge in [-0.15, -0.1) is 0 Å². The summed E-state index contributed by atoms with van der Waals surface area (Å²) in [7, 11) is 0. The molecule has 1 aromatic rings. The van der Waals surface area contributed by atoms with Gasteiger partial charge in [-0.05, 0) is 0 Å². The van der Waals surface area contributed by atoms with Crippen LogP contribution in [-0.4, -0.2) is 14.7 Å². The van der Waals surface area contributed by atoms with Crippen LogP contribution in [0.2, 0.25) is 5.02 Å². The van der Waals surface area contributed by atoms with Crippen molar-refractivity contribution in [1.82, 2.24) is 9.97 Å². The molecule has 66 valence electrons. The minimum Gasteiger partial charge on any atom is -0.243 e.